The number of aryl methyl sites for hydroxylation is 2. The van der Waals surface area contributed by atoms with Crippen molar-refractivity contribution in [3.8, 4) is 56.3 Å². The molecule has 7 aromatic carbocycles. The molecule has 0 spiro atoms. The minimum atomic E-state index is -0.995. The maximum Gasteiger partial charge on any atom is 0.161 e. The van der Waals surface area contributed by atoms with Gasteiger partial charge in [0.2, 0.25) is 0 Å². The second kappa shape index (κ2) is 38.3. The monoisotopic (exact) mass is 1270 g/mol. The highest BCUT2D eigenvalue weighted by Crippen LogP contribution is 2.58. The fraction of sp³-hybridized carbons (Fsp3) is 0.413. The zero-order chi connectivity index (χ0) is 64.7. The van der Waals surface area contributed by atoms with Crippen LogP contribution in [0.25, 0.3) is 55.8 Å². The van der Waals surface area contributed by atoms with E-state index in [0.717, 1.165) is 100 Å². The van der Waals surface area contributed by atoms with Crippen LogP contribution >= 0.6 is 0 Å². The fourth-order valence-corrected chi connectivity index (χ4v) is 11.3. The van der Waals surface area contributed by atoms with Gasteiger partial charge in [0, 0.05) is 30.9 Å². The molecule has 1 aromatic heterocycles. The number of benzene rings is 7. The zero-order valence-electron chi connectivity index (χ0n) is 54.2. The molecular weight excluding hydrogens is 1180 g/mol. The van der Waals surface area contributed by atoms with Gasteiger partial charge in [0.25, 0.3) is 0 Å². The number of aliphatic hydroxyl groups excluding tert-OH is 2. The van der Waals surface area contributed by atoms with E-state index in [1.165, 1.54) is 0 Å². The summed E-state index contributed by atoms with van der Waals surface area (Å²) < 4.78 is 82.3. The summed E-state index contributed by atoms with van der Waals surface area (Å²) in [7, 11) is 3.30. The smallest absolute Gasteiger partial charge is 0.161 e. The third-order valence-corrected chi connectivity index (χ3v) is 15.8. The second-order valence-corrected chi connectivity index (χ2v) is 22.1. The summed E-state index contributed by atoms with van der Waals surface area (Å²) in [5, 5.41) is 18.3. The summed E-state index contributed by atoms with van der Waals surface area (Å²) in [4.78, 5) is 11.1. The van der Waals surface area contributed by atoms with Gasteiger partial charge in [-0.05, 0) is 87.7 Å². The second-order valence-electron chi connectivity index (χ2n) is 22.1. The normalized spacial score (nSPS) is 13.4. The largest absolute Gasteiger partial charge is 0.487 e. The molecule has 1 aliphatic rings. The van der Waals surface area contributed by atoms with Crippen molar-refractivity contribution in [1.82, 2.24) is 9.97 Å². The van der Waals surface area contributed by atoms with Gasteiger partial charge in [-0.2, -0.15) is 0 Å². The number of fused-ring (bicyclic) bond motifs is 4. The van der Waals surface area contributed by atoms with Gasteiger partial charge in [0.05, 0.1) is 186 Å². The van der Waals surface area contributed by atoms with Crippen molar-refractivity contribution in [1.29, 1.82) is 0 Å². The lowest BCUT2D eigenvalue weighted by Crippen LogP contribution is -2.29. The van der Waals surface area contributed by atoms with Crippen LogP contribution in [-0.4, -0.2) is 193 Å². The molecule has 93 heavy (non-hydrogen) atoms. The molecule has 1 aliphatic carbocycles. The first-order chi connectivity index (χ1) is 45.9. The Morgan fingerprint density at radius 1 is 0.344 bits per heavy atom. The molecule has 496 valence electrons. The Kier molecular flexibility index (Phi) is 28.9. The van der Waals surface area contributed by atoms with E-state index in [2.05, 4.69) is 117 Å². The zero-order valence-corrected chi connectivity index (χ0v) is 54.2. The van der Waals surface area contributed by atoms with Crippen LogP contribution in [0.4, 0.5) is 0 Å². The minimum absolute atomic E-state index is 0.0418. The van der Waals surface area contributed by atoms with Gasteiger partial charge in [-0.15, -0.1) is 0 Å². The van der Waals surface area contributed by atoms with Gasteiger partial charge in [-0.3, -0.25) is 0 Å². The number of aromatic nitrogens is 2. The highest BCUT2D eigenvalue weighted by Gasteiger charge is 2.47. The maximum absolute atomic E-state index is 9.19. The molecule has 2 N–H and O–H groups in total. The first-order valence-corrected chi connectivity index (χ1v) is 32.1. The molecule has 0 aliphatic heterocycles. The number of methoxy groups -OCH3 is 2. The number of aliphatic hydroxyl groups is 2. The predicted molar refractivity (Wildman–Crippen MR) is 357 cm³/mol. The first kappa shape index (κ1) is 70.2. The maximum atomic E-state index is 9.19. The number of rotatable bonds is 45. The highest BCUT2D eigenvalue weighted by atomic mass is 16.6. The van der Waals surface area contributed by atoms with E-state index in [4.69, 9.17) is 81.4 Å². The van der Waals surface area contributed by atoms with Gasteiger partial charge < -0.3 is 76.5 Å². The van der Waals surface area contributed by atoms with E-state index < -0.39 is 5.41 Å². The molecule has 18 nitrogen and oxygen atoms in total. The number of hydrogen-bond donors (Lipinski definition) is 2. The molecular formula is C75H90N2O16. The van der Waals surface area contributed by atoms with E-state index in [9.17, 15) is 5.11 Å². The molecule has 0 saturated heterocycles. The molecule has 8 aromatic rings. The van der Waals surface area contributed by atoms with Crippen LogP contribution < -0.4 is 9.47 Å². The Balaban J connectivity index is 1.18. The van der Waals surface area contributed by atoms with Crippen LogP contribution in [0, 0.1) is 13.8 Å². The van der Waals surface area contributed by atoms with Crippen molar-refractivity contribution >= 4 is 11.0 Å². The van der Waals surface area contributed by atoms with Crippen LogP contribution in [0.3, 0.4) is 0 Å². The van der Waals surface area contributed by atoms with Gasteiger partial charge in [-0.25, -0.2) is 9.97 Å². The van der Waals surface area contributed by atoms with Crippen molar-refractivity contribution in [2.75, 3.05) is 173 Å². The molecule has 1 atom stereocenters. The van der Waals surface area contributed by atoms with E-state index in [-0.39, 0.29) is 46.2 Å². The van der Waals surface area contributed by atoms with Crippen LogP contribution in [0.2, 0.25) is 0 Å². The van der Waals surface area contributed by atoms with Gasteiger partial charge in [-0.1, -0.05) is 133 Å². The highest BCUT2D eigenvalue weighted by molar-refractivity contribution is 5.98. The molecule has 1 heterocycles. The first-order valence-electron chi connectivity index (χ1n) is 32.1. The lowest BCUT2D eigenvalue weighted by atomic mass is 9.66. The lowest BCUT2D eigenvalue weighted by molar-refractivity contribution is 0.00160. The van der Waals surface area contributed by atoms with Crippen molar-refractivity contribution in [3.63, 3.8) is 0 Å². The SMILES string of the molecule is COCCOCCOCCOc1ccc(C2(c3ccc(COCCOCCOCCO)c(COCCOCCOCCO)c3)c3cc(C)ccc3-c3ccc(-c4ccc(C)c5nc(-c6ccccc6)c(-c6ccccc6)nc45)cc32)cc1OCCOCCOCCOC. The number of hydrogen-bond acceptors (Lipinski definition) is 18. The number of nitrogens with zero attached hydrogens (tertiary/aromatic N) is 2. The third kappa shape index (κ3) is 19.3. The Labute approximate surface area is 546 Å². The molecule has 0 amide bonds. The Bertz CT molecular complexity index is 3430. The Morgan fingerprint density at radius 3 is 1.33 bits per heavy atom. The van der Waals surface area contributed by atoms with E-state index in [1.807, 2.05) is 42.5 Å². The van der Waals surface area contributed by atoms with Crippen LogP contribution in [-0.2, 0) is 75.5 Å². The summed E-state index contributed by atoms with van der Waals surface area (Å²) >= 11 is 0. The summed E-state index contributed by atoms with van der Waals surface area (Å²) in [6.45, 7) is 12.8. The molecule has 9 rings (SSSR count). The summed E-state index contributed by atoms with van der Waals surface area (Å²) in [5.74, 6) is 1.08. The third-order valence-electron chi connectivity index (χ3n) is 15.8. The standard InChI is InChI=1S/C75H90N2O16/c1-55-15-21-65-66-23-18-59(64-22-16-56(2)71-74(64)77-73(58-13-9-6-10-14-58)72(76-71)57-11-7-5-8-12-57)51-68(66)75(67(65)49-55,62-19-17-60(53-90-43-41-86-35-33-82-27-25-78)61(50-62)54-91-44-42-87-36-34-83-28-26-79)63-20-24-69(92-47-45-88-39-37-84-31-29-80-3)70(52-63)93-48-46-89-40-38-85-32-30-81-4/h5-24,49-52,78-79H,25-48,53-54H2,1-4H3. The topological polar surface area (TPSA) is 195 Å². The summed E-state index contributed by atoms with van der Waals surface area (Å²) in [6, 6.07) is 51.3. The Morgan fingerprint density at radius 2 is 0.785 bits per heavy atom. The van der Waals surface area contributed by atoms with Crippen molar-refractivity contribution in [3.05, 3.63) is 190 Å². The van der Waals surface area contributed by atoms with Gasteiger partial charge >= 0.3 is 0 Å². The van der Waals surface area contributed by atoms with Crippen molar-refractivity contribution in [2.24, 2.45) is 0 Å². The lowest BCUT2D eigenvalue weighted by Gasteiger charge is -2.35. The predicted octanol–water partition coefficient (Wildman–Crippen LogP) is 10.8. The average Bonchev–Trinajstić information content (AvgIpc) is 1.55. The minimum Gasteiger partial charge on any atom is -0.487 e. The van der Waals surface area contributed by atoms with E-state index in [1.54, 1.807) is 14.2 Å². The molecule has 18 heteroatoms. The van der Waals surface area contributed by atoms with E-state index in [0.29, 0.717) is 137 Å². The van der Waals surface area contributed by atoms with Crippen LogP contribution in [0.15, 0.2) is 146 Å². The summed E-state index contributed by atoms with van der Waals surface area (Å²) in [5.41, 5.74) is 16.3. The molecule has 0 fully saturated rings. The van der Waals surface area contributed by atoms with Crippen LogP contribution in [0.5, 0.6) is 11.5 Å². The quantitative estimate of drug-likeness (QED) is 0.0342. The van der Waals surface area contributed by atoms with Crippen LogP contribution in [0.1, 0.15) is 44.5 Å². The molecule has 0 bridgehead atoms. The molecule has 0 radical (unpaired) electrons. The Hall–Kier alpha value is -7.08. The van der Waals surface area contributed by atoms with Gasteiger partial charge in [0.15, 0.2) is 11.5 Å². The van der Waals surface area contributed by atoms with Crippen molar-refractivity contribution in [2.45, 2.75) is 32.5 Å². The van der Waals surface area contributed by atoms with Crippen molar-refractivity contribution < 1.29 is 76.5 Å². The van der Waals surface area contributed by atoms with Gasteiger partial charge in [0.1, 0.15) is 13.2 Å². The number of ether oxygens (including phenoxy) is 14. The van der Waals surface area contributed by atoms with E-state index >= 15 is 0 Å². The molecule has 1 unspecified atom stereocenters. The summed E-state index contributed by atoms with van der Waals surface area (Å²) in [6.07, 6.45) is 0. The average molecular weight is 1280 g/mol. The fourth-order valence-electron chi connectivity index (χ4n) is 11.3. The molecule has 0 saturated carbocycles.